The van der Waals surface area contributed by atoms with E-state index in [1.54, 1.807) is 26.0 Å². The second kappa shape index (κ2) is 12.2. The van der Waals surface area contributed by atoms with Gasteiger partial charge in [0.15, 0.2) is 5.92 Å². The quantitative estimate of drug-likeness (QED) is 0.390. The molecule has 202 valence electrons. The number of allylic oxidation sites excluding steroid dienone is 1. The number of nitrogens with one attached hydrogen (secondary N) is 1. The molecule has 11 heteroatoms. The van der Waals surface area contributed by atoms with Crippen molar-refractivity contribution in [3.05, 3.63) is 94.0 Å². The number of benzene rings is 2. The fourth-order valence-electron chi connectivity index (χ4n) is 4.49. The van der Waals surface area contributed by atoms with Crippen molar-refractivity contribution >= 4 is 23.5 Å². The number of nitrogens with zero attached hydrogens (tertiary/aromatic N) is 4. The summed E-state index contributed by atoms with van der Waals surface area (Å²) >= 11 is 7.01. The van der Waals surface area contributed by atoms with Crippen LogP contribution in [0.15, 0.2) is 83.3 Å². The number of aromatic nitrogens is 2. The predicted molar refractivity (Wildman–Crippen MR) is 146 cm³/mol. The van der Waals surface area contributed by atoms with E-state index in [-0.39, 0.29) is 46.6 Å². The number of hydrogen-bond acceptors (Lipinski definition) is 9. The maximum absolute atomic E-state index is 13.6. The van der Waals surface area contributed by atoms with Crippen LogP contribution in [0.5, 0.6) is 0 Å². The molecule has 0 radical (unpaired) electrons. The van der Waals surface area contributed by atoms with E-state index in [1.165, 1.54) is 4.68 Å². The molecule has 10 nitrogen and oxygen atoms in total. The number of dihydropyridines is 1. The summed E-state index contributed by atoms with van der Waals surface area (Å²) in [5, 5.41) is 27.8. The molecule has 3 N–H and O–H groups in total. The monoisotopic (exact) mass is 556 g/mol. The highest BCUT2D eigenvalue weighted by molar-refractivity contribution is 6.31. The Labute approximate surface area is 235 Å². The van der Waals surface area contributed by atoms with Gasteiger partial charge in [0.25, 0.3) is 0 Å². The summed E-state index contributed by atoms with van der Waals surface area (Å²) in [5.41, 5.74) is 7.84. The van der Waals surface area contributed by atoms with Crippen LogP contribution in [0.3, 0.4) is 0 Å². The number of para-hydroxylation sites is 1. The molecule has 2 heterocycles. The Morgan fingerprint density at radius 3 is 2.27 bits per heavy atom. The molecule has 4 rings (SSSR count). The first-order chi connectivity index (χ1) is 19.4. The summed E-state index contributed by atoms with van der Waals surface area (Å²) in [6, 6.07) is 22.1. The first kappa shape index (κ1) is 28.0. The van der Waals surface area contributed by atoms with Crippen LogP contribution in [0.2, 0.25) is 5.15 Å². The molecule has 0 aliphatic carbocycles. The Morgan fingerprint density at radius 1 is 1.07 bits per heavy atom. The molecular formula is C29H25ClN6O4. The zero-order valence-corrected chi connectivity index (χ0v) is 22.5. The van der Waals surface area contributed by atoms with Gasteiger partial charge in [0.1, 0.15) is 11.0 Å². The van der Waals surface area contributed by atoms with Gasteiger partial charge in [-0.3, -0.25) is 4.79 Å². The third kappa shape index (κ3) is 5.13. The standard InChI is InChI=1S/C29H25ClN6O4/c1-3-39-28(37)20(16-32)25-23(29(38)40-4-2)21(19(15-31)27(33)34-25)22-24(17-11-7-5-8-12-17)35-36(26(22)30)18-13-9-6-10-14-18/h5-14,20-21,34H,3-4,33H2,1-2H3. The largest absolute Gasteiger partial charge is 0.465 e. The van der Waals surface area contributed by atoms with Crippen LogP contribution in [0.4, 0.5) is 0 Å². The molecule has 40 heavy (non-hydrogen) atoms. The van der Waals surface area contributed by atoms with Crippen molar-refractivity contribution in [2.24, 2.45) is 11.7 Å². The van der Waals surface area contributed by atoms with Gasteiger partial charge in [-0.25, -0.2) is 9.48 Å². The van der Waals surface area contributed by atoms with Crippen LogP contribution in [0.1, 0.15) is 25.3 Å². The molecule has 1 aliphatic rings. The number of esters is 2. The van der Waals surface area contributed by atoms with Crippen molar-refractivity contribution < 1.29 is 19.1 Å². The average Bonchev–Trinajstić information content (AvgIpc) is 3.30. The van der Waals surface area contributed by atoms with Crippen molar-refractivity contribution in [1.82, 2.24) is 15.1 Å². The van der Waals surface area contributed by atoms with Gasteiger partial charge in [0.2, 0.25) is 0 Å². The van der Waals surface area contributed by atoms with E-state index >= 15 is 0 Å². The zero-order valence-electron chi connectivity index (χ0n) is 21.7. The highest BCUT2D eigenvalue weighted by Gasteiger charge is 2.43. The minimum Gasteiger partial charge on any atom is -0.465 e. The fraction of sp³-hybridized carbons (Fsp3) is 0.207. The summed E-state index contributed by atoms with van der Waals surface area (Å²) in [4.78, 5) is 26.4. The summed E-state index contributed by atoms with van der Waals surface area (Å²) in [7, 11) is 0. The second-order valence-corrected chi connectivity index (χ2v) is 8.88. The van der Waals surface area contributed by atoms with Gasteiger partial charge in [0, 0.05) is 11.1 Å². The van der Waals surface area contributed by atoms with E-state index in [1.807, 2.05) is 54.6 Å². The highest BCUT2D eigenvalue weighted by Crippen LogP contribution is 2.46. The smallest absolute Gasteiger partial charge is 0.336 e. The topological polar surface area (TPSA) is 156 Å². The number of rotatable bonds is 8. The first-order valence-electron chi connectivity index (χ1n) is 12.4. The molecule has 3 aromatic rings. The van der Waals surface area contributed by atoms with Crippen LogP contribution in [-0.4, -0.2) is 34.9 Å². The minimum absolute atomic E-state index is 0.00502. The molecule has 0 amide bonds. The summed E-state index contributed by atoms with van der Waals surface area (Å²) in [6.07, 6.45) is 0. The van der Waals surface area contributed by atoms with Gasteiger partial charge < -0.3 is 20.5 Å². The molecule has 1 aromatic heterocycles. The van der Waals surface area contributed by atoms with Crippen molar-refractivity contribution in [1.29, 1.82) is 10.5 Å². The van der Waals surface area contributed by atoms with E-state index in [0.717, 1.165) is 0 Å². The summed E-state index contributed by atoms with van der Waals surface area (Å²) in [6.45, 7) is 3.20. The van der Waals surface area contributed by atoms with Crippen molar-refractivity contribution in [2.75, 3.05) is 13.2 Å². The predicted octanol–water partition coefficient (Wildman–Crippen LogP) is 4.09. The molecule has 2 atom stereocenters. The van der Waals surface area contributed by atoms with Gasteiger partial charge in [-0.05, 0) is 26.0 Å². The first-order valence-corrected chi connectivity index (χ1v) is 12.8. The Hall–Kier alpha value is -5.06. The lowest BCUT2D eigenvalue weighted by Gasteiger charge is -2.30. The molecule has 0 saturated carbocycles. The SMILES string of the molecule is CCOC(=O)C1=C(C(C#N)C(=O)OCC)NC(N)=C(C#N)C1c1c(-c2ccccc2)nn(-c2ccccc2)c1Cl. The maximum Gasteiger partial charge on any atom is 0.336 e. The van der Waals surface area contributed by atoms with E-state index in [2.05, 4.69) is 11.4 Å². The number of nitrogens with two attached hydrogens (primary N) is 1. The molecule has 0 bridgehead atoms. The van der Waals surface area contributed by atoms with Gasteiger partial charge in [-0.15, -0.1) is 0 Å². The number of halogens is 1. The van der Waals surface area contributed by atoms with Crippen LogP contribution in [-0.2, 0) is 19.1 Å². The third-order valence-electron chi connectivity index (χ3n) is 6.18. The van der Waals surface area contributed by atoms with Crippen molar-refractivity contribution in [2.45, 2.75) is 19.8 Å². The summed E-state index contributed by atoms with van der Waals surface area (Å²) < 4.78 is 11.9. The number of hydrogen-bond donors (Lipinski definition) is 2. The van der Waals surface area contributed by atoms with Gasteiger partial charge in [0.05, 0.1) is 59.5 Å². The van der Waals surface area contributed by atoms with Gasteiger partial charge in [-0.2, -0.15) is 15.6 Å². The number of carbonyl (C=O) groups excluding carboxylic acids is 2. The van der Waals surface area contributed by atoms with E-state index in [9.17, 15) is 20.1 Å². The average molecular weight is 557 g/mol. The van der Waals surface area contributed by atoms with Crippen molar-refractivity contribution in [3.63, 3.8) is 0 Å². The normalized spacial score (nSPS) is 15.5. The number of carbonyl (C=O) groups is 2. The van der Waals surface area contributed by atoms with E-state index < -0.39 is 23.8 Å². The molecule has 1 aliphatic heterocycles. The minimum atomic E-state index is -1.57. The second-order valence-electron chi connectivity index (χ2n) is 8.53. The Bertz CT molecular complexity index is 1580. The number of nitriles is 2. The lowest BCUT2D eigenvalue weighted by atomic mass is 9.79. The highest BCUT2D eigenvalue weighted by atomic mass is 35.5. The van der Waals surface area contributed by atoms with Gasteiger partial charge in [-0.1, -0.05) is 60.1 Å². The van der Waals surface area contributed by atoms with E-state index in [0.29, 0.717) is 16.9 Å². The van der Waals surface area contributed by atoms with Crippen LogP contribution >= 0.6 is 11.6 Å². The number of ether oxygens (including phenoxy) is 2. The molecule has 0 fully saturated rings. The lowest BCUT2D eigenvalue weighted by Crippen LogP contribution is -2.38. The molecule has 2 aromatic carbocycles. The Morgan fingerprint density at radius 2 is 1.70 bits per heavy atom. The van der Waals surface area contributed by atoms with Crippen molar-refractivity contribution in [3.8, 4) is 29.1 Å². The van der Waals surface area contributed by atoms with Gasteiger partial charge >= 0.3 is 11.9 Å². The summed E-state index contributed by atoms with van der Waals surface area (Å²) in [5.74, 6) is -4.70. The third-order valence-corrected chi connectivity index (χ3v) is 6.55. The Balaban J connectivity index is 2.10. The van der Waals surface area contributed by atoms with Crippen LogP contribution < -0.4 is 11.1 Å². The molecular weight excluding hydrogens is 532 g/mol. The van der Waals surface area contributed by atoms with Crippen LogP contribution in [0, 0.1) is 28.6 Å². The molecule has 2 unspecified atom stereocenters. The lowest BCUT2D eigenvalue weighted by molar-refractivity contribution is -0.145. The Kier molecular flexibility index (Phi) is 8.53. The van der Waals surface area contributed by atoms with E-state index in [4.69, 9.17) is 31.9 Å². The van der Waals surface area contributed by atoms with Crippen LogP contribution in [0.25, 0.3) is 16.9 Å². The fourth-order valence-corrected chi connectivity index (χ4v) is 4.82. The maximum atomic E-state index is 13.6. The zero-order chi connectivity index (χ0) is 28.8. The molecule has 0 spiro atoms. The molecule has 0 saturated heterocycles.